The maximum atomic E-state index is 13.3. The SMILES string of the molecule is CCn1c2c(c3cc(OC)ccc31)C(=O)c1nccc3ccnc-2c13. The van der Waals surface area contributed by atoms with Crippen molar-refractivity contribution in [3.05, 3.63) is 54.0 Å². The van der Waals surface area contributed by atoms with Gasteiger partial charge in [-0.05, 0) is 42.6 Å². The summed E-state index contributed by atoms with van der Waals surface area (Å²) >= 11 is 0. The number of benzene rings is 1. The van der Waals surface area contributed by atoms with Gasteiger partial charge in [-0.25, -0.2) is 0 Å². The largest absolute Gasteiger partial charge is 0.497 e. The minimum absolute atomic E-state index is 0.0495. The molecule has 4 aromatic rings. The number of pyridine rings is 2. The van der Waals surface area contributed by atoms with Gasteiger partial charge in [-0.1, -0.05) is 0 Å². The van der Waals surface area contributed by atoms with E-state index in [0.29, 0.717) is 11.3 Å². The molecule has 0 atom stereocenters. The topological polar surface area (TPSA) is 57.0 Å². The number of fused-ring (bicyclic) bond motifs is 4. The molecule has 0 saturated heterocycles. The minimum Gasteiger partial charge on any atom is -0.497 e. The summed E-state index contributed by atoms with van der Waals surface area (Å²) in [7, 11) is 1.63. The summed E-state index contributed by atoms with van der Waals surface area (Å²) in [5.74, 6) is 0.681. The molecule has 0 N–H and O–H groups in total. The summed E-state index contributed by atoms with van der Waals surface area (Å²) in [6.45, 7) is 2.83. The molecule has 0 aliphatic heterocycles. The first-order valence-corrected chi connectivity index (χ1v) is 8.23. The molecular weight excluding hydrogens is 314 g/mol. The second-order valence-corrected chi connectivity index (χ2v) is 6.10. The Kier molecular flexibility index (Phi) is 2.77. The van der Waals surface area contributed by atoms with Crippen molar-refractivity contribution in [2.24, 2.45) is 0 Å². The van der Waals surface area contributed by atoms with Gasteiger partial charge in [-0.3, -0.25) is 14.8 Å². The first-order valence-electron chi connectivity index (χ1n) is 8.23. The van der Waals surface area contributed by atoms with Crippen LogP contribution in [-0.4, -0.2) is 27.4 Å². The third-order valence-electron chi connectivity index (χ3n) is 4.93. The van der Waals surface area contributed by atoms with E-state index in [0.717, 1.165) is 45.4 Å². The number of carbonyl (C=O) groups excluding carboxylic acids is 1. The summed E-state index contributed by atoms with van der Waals surface area (Å²) in [5, 5.41) is 2.71. The van der Waals surface area contributed by atoms with Crippen LogP contribution < -0.4 is 4.74 Å². The van der Waals surface area contributed by atoms with Crippen molar-refractivity contribution in [1.29, 1.82) is 0 Å². The zero-order chi connectivity index (χ0) is 17.1. The van der Waals surface area contributed by atoms with Crippen molar-refractivity contribution >= 4 is 27.5 Å². The van der Waals surface area contributed by atoms with Gasteiger partial charge < -0.3 is 9.30 Å². The van der Waals surface area contributed by atoms with E-state index in [1.807, 2.05) is 30.3 Å². The van der Waals surface area contributed by atoms with Gasteiger partial charge >= 0.3 is 0 Å². The normalized spacial score (nSPS) is 12.6. The van der Waals surface area contributed by atoms with Gasteiger partial charge in [0, 0.05) is 35.2 Å². The van der Waals surface area contributed by atoms with Crippen LogP contribution >= 0.6 is 0 Å². The molecule has 5 heteroatoms. The van der Waals surface area contributed by atoms with E-state index in [-0.39, 0.29) is 5.78 Å². The van der Waals surface area contributed by atoms with E-state index in [1.165, 1.54) is 0 Å². The van der Waals surface area contributed by atoms with E-state index in [1.54, 1.807) is 19.5 Å². The van der Waals surface area contributed by atoms with Gasteiger partial charge in [0.15, 0.2) is 0 Å². The first-order chi connectivity index (χ1) is 12.2. The summed E-state index contributed by atoms with van der Waals surface area (Å²) in [5.41, 5.74) is 3.86. The number of nitrogens with zero attached hydrogens (tertiary/aromatic N) is 3. The van der Waals surface area contributed by atoms with Crippen molar-refractivity contribution in [2.45, 2.75) is 13.5 Å². The fourth-order valence-electron chi connectivity index (χ4n) is 3.86. The van der Waals surface area contributed by atoms with Gasteiger partial charge in [-0.15, -0.1) is 0 Å². The van der Waals surface area contributed by atoms with Gasteiger partial charge in [0.25, 0.3) is 0 Å². The van der Waals surface area contributed by atoms with Crippen LogP contribution in [0.1, 0.15) is 23.0 Å². The molecule has 25 heavy (non-hydrogen) atoms. The first kappa shape index (κ1) is 14.2. The summed E-state index contributed by atoms with van der Waals surface area (Å²) in [6.07, 6.45) is 3.48. The van der Waals surface area contributed by atoms with Gasteiger partial charge in [0.1, 0.15) is 11.4 Å². The maximum Gasteiger partial charge on any atom is 0.214 e. The number of methoxy groups -OCH3 is 1. The zero-order valence-corrected chi connectivity index (χ0v) is 13.9. The highest BCUT2D eigenvalue weighted by molar-refractivity contribution is 6.28. The van der Waals surface area contributed by atoms with E-state index in [2.05, 4.69) is 21.5 Å². The number of ether oxygens (including phenoxy) is 1. The third-order valence-corrected chi connectivity index (χ3v) is 4.93. The van der Waals surface area contributed by atoms with E-state index in [4.69, 9.17) is 4.74 Å². The lowest BCUT2D eigenvalue weighted by Gasteiger charge is -2.17. The standard InChI is InChI=1S/C20H15N3O2/c1-3-23-14-5-4-12(25-2)10-13(14)16-19(23)17-15-11(6-8-21-17)7-9-22-18(15)20(16)24/h4-10H,3H2,1-2H3. The molecule has 0 radical (unpaired) electrons. The summed E-state index contributed by atoms with van der Waals surface area (Å²) in [6, 6.07) is 9.69. The highest BCUT2D eigenvalue weighted by Crippen LogP contribution is 2.42. The fraction of sp³-hybridized carbons (Fsp3) is 0.150. The smallest absolute Gasteiger partial charge is 0.214 e. The second-order valence-electron chi connectivity index (χ2n) is 6.10. The summed E-state index contributed by atoms with van der Waals surface area (Å²) < 4.78 is 7.52. The highest BCUT2D eigenvalue weighted by atomic mass is 16.5. The van der Waals surface area contributed by atoms with E-state index in [9.17, 15) is 4.79 Å². The predicted molar refractivity (Wildman–Crippen MR) is 96.1 cm³/mol. The summed E-state index contributed by atoms with van der Waals surface area (Å²) in [4.78, 5) is 22.3. The van der Waals surface area contributed by atoms with Crippen LogP contribution in [-0.2, 0) is 6.54 Å². The average Bonchev–Trinajstić information content (AvgIpc) is 2.99. The molecule has 3 aromatic heterocycles. The van der Waals surface area contributed by atoms with Gasteiger partial charge in [0.2, 0.25) is 5.78 Å². The fourth-order valence-corrected chi connectivity index (χ4v) is 3.86. The molecule has 0 saturated carbocycles. The Morgan fingerprint density at radius 3 is 2.56 bits per heavy atom. The number of hydrogen-bond acceptors (Lipinski definition) is 4. The van der Waals surface area contributed by atoms with Gasteiger partial charge in [-0.2, -0.15) is 0 Å². The Morgan fingerprint density at radius 1 is 1.08 bits per heavy atom. The Labute approximate surface area is 143 Å². The highest BCUT2D eigenvalue weighted by Gasteiger charge is 2.33. The van der Waals surface area contributed by atoms with Crippen molar-refractivity contribution in [3.8, 4) is 17.1 Å². The molecule has 0 fully saturated rings. The molecule has 0 spiro atoms. The van der Waals surface area contributed by atoms with Crippen LogP contribution in [0, 0.1) is 0 Å². The quantitative estimate of drug-likeness (QED) is 0.494. The molecule has 1 aliphatic rings. The zero-order valence-electron chi connectivity index (χ0n) is 13.9. The van der Waals surface area contributed by atoms with Crippen LogP contribution in [0.25, 0.3) is 33.1 Å². The van der Waals surface area contributed by atoms with Crippen molar-refractivity contribution in [3.63, 3.8) is 0 Å². The number of rotatable bonds is 2. The molecule has 122 valence electrons. The molecular formula is C20H15N3O2. The van der Waals surface area contributed by atoms with E-state index < -0.39 is 0 Å². The Morgan fingerprint density at radius 2 is 1.84 bits per heavy atom. The number of aryl methyl sites for hydroxylation is 1. The number of aromatic nitrogens is 3. The Bertz CT molecular complexity index is 1190. The van der Waals surface area contributed by atoms with Crippen molar-refractivity contribution in [2.75, 3.05) is 7.11 Å². The predicted octanol–water partition coefficient (Wildman–Crippen LogP) is 3.82. The number of ketones is 1. The van der Waals surface area contributed by atoms with Crippen LogP contribution in [0.4, 0.5) is 0 Å². The lowest BCUT2D eigenvalue weighted by atomic mass is 9.91. The number of carbonyl (C=O) groups is 1. The average molecular weight is 329 g/mol. The minimum atomic E-state index is -0.0495. The number of hydrogen-bond donors (Lipinski definition) is 0. The Balaban J connectivity index is 2.02. The maximum absolute atomic E-state index is 13.3. The lowest BCUT2D eigenvalue weighted by molar-refractivity contribution is 0.103. The lowest BCUT2D eigenvalue weighted by Crippen LogP contribution is -2.13. The molecule has 0 bridgehead atoms. The third kappa shape index (κ3) is 1.70. The molecule has 1 aromatic carbocycles. The second kappa shape index (κ2) is 4.89. The van der Waals surface area contributed by atoms with Crippen LogP contribution in [0.3, 0.4) is 0 Å². The van der Waals surface area contributed by atoms with Crippen LogP contribution in [0.15, 0.2) is 42.7 Å². The molecule has 0 unspecified atom stereocenters. The van der Waals surface area contributed by atoms with Crippen molar-refractivity contribution in [1.82, 2.24) is 14.5 Å². The van der Waals surface area contributed by atoms with Crippen molar-refractivity contribution < 1.29 is 9.53 Å². The molecule has 5 nitrogen and oxygen atoms in total. The molecule has 1 aliphatic carbocycles. The van der Waals surface area contributed by atoms with E-state index >= 15 is 0 Å². The van der Waals surface area contributed by atoms with Crippen LogP contribution in [0.5, 0.6) is 5.75 Å². The van der Waals surface area contributed by atoms with Gasteiger partial charge in [0.05, 0.1) is 24.1 Å². The molecule has 5 rings (SSSR count). The van der Waals surface area contributed by atoms with Crippen LogP contribution in [0.2, 0.25) is 0 Å². The molecule has 3 heterocycles. The monoisotopic (exact) mass is 329 g/mol. The Hall–Kier alpha value is -3.21. The molecule has 0 amide bonds.